The van der Waals surface area contributed by atoms with Crippen LogP contribution in [0.25, 0.3) is 0 Å². The summed E-state index contributed by atoms with van der Waals surface area (Å²) >= 11 is 0. The molecule has 1 aromatic carbocycles. The summed E-state index contributed by atoms with van der Waals surface area (Å²) in [6.07, 6.45) is 0. The van der Waals surface area contributed by atoms with Crippen molar-refractivity contribution >= 4 is 5.69 Å². The molecule has 0 aliphatic heterocycles. The number of halogens is 1. The lowest BCUT2D eigenvalue weighted by Gasteiger charge is -2.08. The number of nitrogens with zero attached hydrogens (tertiary/aromatic N) is 2. The van der Waals surface area contributed by atoms with Gasteiger partial charge in [-0.3, -0.25) is 4.68 Å². The van der Waals surface area contributed by atoms with E-state index < -0.39 is 0 Å². The Balaban J connectivity index is 2.12. The van der Waals surface area contributed by atoms with Crippen molar-refractivity contribution in [2.75, 3.05) is 5.32 Å². The first-order valence-electron chi connectivity index (χ1n) is 5.56. The predicted molar refractivity (Wildman–Crippen MR) is 66.4 cm³/mol. The van der Waals surface area contributed by atoms with E-state index in [1.54, 1.807) is 23.7 Å². The highest BCUT2D eigenvalue weighted by Gasteiger charge is 2.06. The lowest BCUT2D eigenvalue weighted by molar-refractivity contribution is 0.620. The van der Waals surface area contributed by atoms with Crippen LogP contribution in [0, 0.1) is 19.7 Å². The molecule has 0 saturated carbocycles. The summed E-state index contributed by atoms with van der Waals surface area (Å²) in [5.74, 6) is -0.189. The van der Waals surface area contributed by atoms with Crippen molar-refractivity contribution in [1.82, 2.24) is 9.78 Å². The third-order valence-corrected chi connectivity index (χ3v) is 2.75. The topological polar surface area (TPSA) is 29.9 Å². The van der Waals surface area contributed by atoms with Gasteiger partial charge in [0.25, 0.3) is 0 Å². The molecule has 1 N–H and O–H groups in total. The van der Waals surface area contributed by atoms with Gasteiger partial charge in [0.15, 0.2) is 0 Å². The number of anilines is 1. The van der Waals surface area contributed by atoms with Gasteiger partial charge in [-0.25, -0.2) is 4.39 Å². The Bertz CT molecular complexity index is 531. The fraction of sp³-hybridized carbons (Fsp3) is 0.308. The molecule has 0 amide bonds. The number of hydrogen-bond acceptors (Lipinski definition) is 2. The molecule has 0 unspecified atom stereocenters. The van der Waals surface area contributed by atoms with Crippen LogP contribution in [0.5, 0.6) is 0 Å². The van der Waals surface area contributed by atoms with Gasteiger partial charge >= 0.3 is 0 Å². The molecule has 2 rings (SSSR count). The van der Waals surface area contributed by atoms with Gasteiger partial charge in [0.1, 0.15) is 5.82 Å². The van der Waals surface area contributed by atoms with Gasteiger partial charge in [-0.05, 0) is 31.5 Å². The first-order chi connectivity index (χ1) is 8.08. The highest BCUT2D eigenvalue weighted by Crippen LogP contribution is 2.17. The van der Waals surface area contributed by atoms with Gasteiger partial charge in [-0.1, -0.05) is 12.1 Å². The number of rotatable bonds is 3. The van der Waals surface area contributed by atoms with Crippen LogP contribution in [-0.4, -0.2) is 9.78 Å². The Labute approximate surface area is 100 Å². The first kappa shape index (κ1) is 11.6. The monoisotopic (exact) mass is 233 g/mol. The van der Waals surface area contributed by atoms with Crippen LogP contribution >= 0.6 is 0 Å². The molecule has 0 saturated heterocycles. The Morgan fingerprint density at radius 2 is 2.12 bits per heavy atom. The van der Waals surface area contributed by atoms with Crippen molar-refractivity contribution in [2.45, 2.75) is 20.4 Å². The van der Waals surface area contributed by atoms with Crippen LogP contribution in [0.1, 0.15) is 17.0 Å². The van der Waals surface area contributed by atoms with Gasteiger partial charge in [0, 0.05) is 7.05 Å². The smallest absolute Gasteiger partial charge is 0.149 e. The van der Waals surface area contributed by atoms with E-state index in [-0.39, 0.29) is 5.82 Å². The average Bonchev–Trinajstić information content (AvgIpc) is 2.60. The molecule has 3 nitrogen and oxygen atoms in total. The quantitative estimate of drug-likeness (QED) is 0.883. The van der Waals surface area contributed by atoms with E-state index in [2.05, 4.69) is 10.4 Å². The molecule has 1 heterocycles. The molecule has 0 fully saturated rings. The zero-order valence-corrected chi connectivity index (χ0v) is 10.3. The lowest BCUT2D eigenvalue weighted by atomic mass is 10.2. The zero-order valence-electron chi connectivity index (χ0n) is 10.3. The third kappa shape index (κ3) is 2.46. The number of hydrogen-bond donors (Lipinski definition) is 1. The maximum absolute atomic E-state index is 13.7. The second-order valence-corrected chi connectivity index (χ2v) is 4.19. The minimum atomic E-state index is -0.189. The maximum atomic E-state index is 13.7. The van der Waals surface area contributed by atoms with E-state index in [4.69, 9.17) is 0 Å². The summed E-state index contributed by atoms with van der Waals surface area (Å²) in [6.45, 7) is 4.27. The molecule has 1 aromatic heterocycles. The van der Waals surface area contributed by atoms with Crippen molar-refractivity contribution in [3.05, 3.63) is 47.0 Å². The molecule has 90 valence electrons. The van der Waals surface area contributed by atoms with Gasteiger partial charge in [0.05, 0.1) is 23.6 Å². The van der Waals surface area contributed by atoms with Crippen molar-refractivity contribution in [1.29, 1.82) is 0 Å². The van der Waals surface area contributed by atoms with E-state index in [1.807, 2.05) is 26.1 Å². The van der Waals surface area contributed by atoms with Crippen molar-refractivity contribution < 1.29 is 4.39 Å². The normalized spacial score (nSPS) is 10.6. The second kappa shape index (κ2) is 4.57. The molecule has 4 heteroatoms. The summed E-state index contributed by atoms with van der Waals surface area (Å²) in [5.41, 5.74) is 3.18. The highest BCUT2D eigenvalue weighted by molar-refractivity contribution is 5.47. The molecule has 0 bridgehead atoms. The molecule has 17 heavy (non-hydrogen) atoms. The fourth-order valence-corrected chi connectivity index (χ4v) is 1.80. The van der Waals surface area contributed by atoms with Crippen molar-refractivity contribution in [3.63, 3.8) is 0 Å². The molecule has 0 aliphatic carbocycles. The number of nitrogens with one attached hydrogen (secondary N) is 1. The molecule has 0 aliphatic rings. The van der Waals surface area contributed by atoms with Crippen molar-refractivity contribution in [2.24, 2.45) is 7.05 Å². The van der Waals surface area contributed by atoms with E-state index >= 15 is 0 Å². The summed E-state index contributed by atoms with van der Waals surface area (Å²) in [4.78, 5) is 0. The lowest BCUT2D eigenvalue weighted by Crippen LogP contribution is -2.06. The number of benzene rings is 1. The fourth-order valence-electron chi connectivity index (χ4n) is 1.80. The van der Waals surface area contributed by atoms with Gasteiger partial charge < -0.3 is 5.32 Å². The Hall–Kier alpha value is -1.84. The first-order valence-corrected chi connectivity index (χ1v) is 5.56. The average molecular weight is 233 g/mol. The molecular formula is C13H16FN3. The summed E-state index contributed by atoms with van der Waals surface area (Å²) in [7, 11) is 1.89. The number of aryl methyl sites for hydroxylation is 3. The minimum Gasteiger partial charge on any atom is -0.377 e. The van der Waals surface area contributed by atoms with Crippen LogP contribution in [0.4, 0.5) is 10.1 Å². The molecule has 0 atom stereocenters. The second-order valence-electron chi connectivity index (χ2n) is 4.19. The Morgan fingerprint density at radius 1 is 1.35 bits per heavy atom. The summed E-state index contributed by atoms with van der Waals surface area (Å²) in [5, 5.41) is 7.33. The van der Waals surface area contributed by atoms with Crippen molar-refractivity contribution in [3.8, 4) is 0 Å². The molecule has 2 aromatic rings. The SMILES string of the molecule is Cc1cc(CNc2cccc(C)c2F)n(C)n1. The van der Waals surface area contributed by atoms with Crippen LogP contribution < -0.4 is 5.32 Å². The standard InChI is InChI=1S/C13H16FN3/c1-9-5-4-6-12(13(9)14)15-8-11-7-10(2)16-17(11)3/h4-7,15H,8H2,1-3H3. The Morgan fingerprint density at radius 3 is 2.76 bits per heavy atom. The molecular weight excluding hydrogens is 217 g/mol. The van der Waals surface area contributed by atoms with Crippen LogP contribution in [0.15, 0.2) is 24.3 Å². The zero-order chi connectivity index (χ0) is 12.4. The van der Waals surface area contributed by atoms with Gasteiger partial charge in [0.2, 0.25) is 0 Å². The molecule has 0 spiro atoms. The molecule has 0 radical (unpaired) electrons. The number of aromatic nitrogens is 2. The predicted octanol–water partition coefficient (Wildman–Crippen LogP) is 2.79. The third-order valence-electron chi connectivity index (χ3n) is 2.75. The Kier molecular flexibility index (Phi) is 3.13. The highest BCUT2D eigenvalue weighted by atomic mass is 19.1. The summed E-state index contributed by atoms with van der Waals surface area (Å²) < 4.78 is 15.5. The summed E-state index contributed by atoms with van der Waals surface area (Å²) in [6, 6.07) is 7.33. The van der Waals surface area contributed by atoms with E-state index in [0.29, 0.717) is 17.8 Å². The largest absolute Gasteiger partial charge is 0.377 e. The van der Waals surface area contributed by atoms with E-state index in [9.17, 15) is 4.39 Å². The van der Waals surface area contributed by atoms with E-state index in [0.717, 1.165) is 11.4 Å². The van der Waals surface area contributed by atoms with Gasteiger partial charge in [-0.15, -0.1) is 0 Å². The van der Waals surface area contributed by atoms with Crippen LogP contribution in [0.2, 0.25) is 0 Å². The van der Waals surface area contributed by atoms with Crippen LogP contribution in [0.3, 0.4) is 0 Å². The minimum absolute atomic E-state index is 0.189. The van der Waals surface area contributed by atoms with Crippen LogP contribution in [-0.2, 0) is 13.6 Å². The maximum Gasteiger partial charge on any atom is 0.149 e. The van der Waals surface area contributed by atoms with E-state index in [1.165, 1.54) is 0 Å². The van der Waals surface area contributed by atoms with Gasteiger partial charge in [-0.2, -0.15) is 5.10 Å².